The predicted molar refractivity (Wildman–Crippen MR) is 50.3 cm³/mol. The van der Waals surface area contributed by atoms with E-state index in [9.17, 15) is 4.79 Å². The van der Waals surface area contributed by atoms with E-state index in [2.05, 4.69) is 16.1 Å². The van der Waals surface area contributed by atoms with Crippen molar-refractivity contribution in [2.45, 2.75) is 6.54 Å². The van der Waals surface area contributed by atoms with Crippen LogP contribution in [0.15, 0.2) is 18.2 Å². The van der Waals surface area contributed by atoms with Crippen molar-refractivity contribution in [2.24, 2.45) is 0 Å². The summed E-state index contributed by atoms with van der Waals surface area (Å²) in [6, 6.07) is 5.36. The van der Waals surface area contributed by atoms with Gasteiger partial charge in [-0.3, -0.25) is 8.72 Å². The van der Waals surface area contributed by atoms with Crippen LogP contribution in [-0.2, 0) is 6.54 Å². The highest BCUT2D eigenvalue weighted by Crippen LogP contribution is 2.27. The Morgan fingerprint density at radius 1 is 1.50 bits per heavy atom. The predicted octanol–water partition coefficient (Wildman–Crippen LogP) is 2.61. The van der Waals surface area contributed by atoms with Crippen LogP contribution in [0.1, 0.15) is 15.9 Å². The first-order valence-electron chi connectivity index (χ1n) is 3.44. The number of fused-ring (bicyclic) bond motifs is 1. The maximum absolute atomic E-state index is 11.4. The van der Waals surface area contributed by atoms with Gasteiger partial charge in [-0.25, -0.2) is 0 Å². The van der Waals surface area contributed by atoms with E-state index in [-0.39, 0.29) is 5.91 Å². The van der Waals surface area contributed by atoms with Gasteiger partial charge in [0.15, 0.2) is 0 Å². The number of halogens is 2. The Labute approximate surface area is 83.5 Å². The van der Waals surface area contributed by atoms with Gasteiger partial charge in [0.1, 0.15) is 0 Å². The quantitative estimate of drug-likeness (QED) is 0.644. The number of hydrogen-bond donors (Lipinski definition) is 0. The molecular formula is C8H5BrClNO. The van der Waals surface area contributed by atoms with E-state index >= 15 is 0 Å². The Balaban J connectivity index is 2.56. The van der Waals surface area contributed by atoms with E-state index in [1.807, 2.05) is 6.07 Å². The summed E-state index contributed by atoms with van der Waals surface area (Å²) >= 11 is 8.90. The lowest BCUT2D eigenvalue weighted by molar-refractivity contribution is 0.0896. The number of amides is 1. The minimum atomic E-state index is -0.0208. The smallest absolute Gasteiger partial charge is 0.264 e. The van der Waals surface area contributed by atoms with Crippen LogP contribution in [0.3, 0.4) is 0 Å². The van der Waals surface area contributed by atoms with Crippen LogP contribution in [0.25, 0.3) is 0 Å². The standard InChI is InChI=1S/C8H5BrClNO/c9-11-4-5-1-2-6(10)3-7(5)8(11)12/h1-3H,4H2. The summed E-state index contributed by atoms with van der Waals surface area (Å²) in [4.78, 5) is 11.4. The fourth-order valence-electron chi connectivity index (χ4n) is 1.24. The Morgan fingerprint density at radius 3 is 3.00 bits per heavy atom. The van der Waals surface area contributed by atoms with E-state index in [0.29, 0.717) is 17.1 Å². The Bertz CT molecular complexity index is 353. The third-order valence-electron chi connectivity index (χ3n) is 1.83. The molecule has 1 heterocycles. The molecule has 0 saturated carbocycles. The van der Waals surface area contributed by atoms with Crippen molar-refractivity contribution in [3.05, 3.63) is 34.3 Å². The van der Waals surface area contributed by atoms with Crippen LogP contribution in [0, 0.1) is 0 Å². The molecule has 1 aromatic rings. The average Bonchev–Trinajstić information content (AvgIpc) is 2.31. The summed E-state index contributed by atoms with van der Waals surface area (Å²) < 4.78 is 1.49. The first-order chi connectivity index (χ1) is 5.68. The van der Waals surface area contributed by atoms with Crippen molar-refractivity contribution in [3.8, 4) is 0 Å². The molecule has 2 rings (SSSR count). The van der Waals surface area contributed by atoms with Gasteiger partial charge in [0.25, 0.3) is 5.91 Å². The number of rotatable bonds is 0. The summed E-state index contributed by atoms with van der Waals surface area (Å²) in [5.74, 6) is -0.0208. The molecule has 1 aliphatic rings. The van der Waals surface area contributed by atoms with Crippen molar-refractivity contribution in [1.29, 1.82) is 0 Å². The maximum atomic E-state index is 11.4. The molecule has 0 unspecified atom stereocenters. The van der Waals surface area contributed by atoms with Gasteiger partial charge in [0.05, 0.1) is 22.7 Å². The summed E-state index contributed by atoms with van der Waals surface area (Å²) in [5, 5.41) is 0.602. The van der Waals surface area contributed by atoms with Crippen LogP contribution >= 0.6 is 27.7 Å². The van der Waals surface area contributed by atoms with Gasteiger partial charge < -0.3 is 0 Å². The molecule has 62 valence electrons. The van der Waals surface area contributed by atoms with Crippen molar-refractivity contribution in [3.63, 3.8) is 0 Å². The molecule has 12 heavy (non-hydrogen) atoms. The van der Waals surface area contributed by atoms with Crippen LogP contribution in [0.2, 0.25) is 5.02 Å². The van der Waals surface area contributed by atoms with Gasteiger partial charge in [0, 0.05) is 10.6 Å². The number of hydrogen-bond acceptors (Lipinski definition) is 1. The molecule has 0 aliphatic carbocycles. The van der Waals surface area contributed by atoms with Crippen LogP contribution in [0.4, 0.5) is 0 Å². The van der Waals surface area contributed by atoms with Crippen LogP contribution in [-0.4, -0.2) is 9.83 Å². The molecule has 0 saturated heterocycles. The lowest BCUT2D eigenvalue weighted by Crippen LogP contribution is -2.10. The van der Waals surface area contributed by atoms with E-state index in [1.165, 1.54) is 3.93 Å². The highest BCUT2D eigenvalue weighted by atomic mass is 79.9. The molecule has 0 fully saturated rings. The SMILES string of the molecule is O=C1c2cc(Cl)ccc2CN1Br. The molecule has 4 heteroatoms. The van der Waals surface area contributed by atoms with Crippen molar-refractivity contribution >= 4 is 33.7 Å². The lowest BCUT2D eigenvalue weighted by atomic mass is 10.1. The molecule has 1 aromatic carbocycles. The Hall–Kier alpha value is -0.540. The highest BCUT2D eigenvalue weighted by molar-refractivity contribution is 9.07. The molecule has 0 atom stereocenters. The zero-order chi connectivity index (χ0) is 8.72. The molecule has 0 N–H and O–H groups in total. The molecule has 0 radical (unpaired) electrons. The average molecular weight is 246 g/mol. The zero-order valence-corrected chi connectivity index (χ0v) is 8.39. The third kappa shape index (κ3) is 1.13. The molecule has 0 spiro atoms. The Kier molecular flexibility index (Phi) is 1.85. The van der Waals surface area contributed by atoms with Crippen molar-refractivity contribution in [1.82, 2.24) is 3.93 Å². The van der Waals surface area contributed by atoms with E-state index in [1.54, 1.807) is 12.1 Å². The van der Waals surface area contributed by atoms with Gasteiger partial charge in [-0.1, -0.05) is 17.7 Å². The fraction of sp³-hybridized carbons (Fsp3) is 0.125. The minimum Gasteiger partial charge on any atom is -0.270 e. The molecule has 1 amide bonds. The maximum Gasteiger partial charge on any atom is 0.264 e. The highest BCUT2D eigenvalue weighted by Gasteiger charge is 2.25. The van der Waals surface area contributed by atoms with Gasteiger partial charge in [0.2, 0.25) is 0 Å². The molecule has 1 aliphatic heterocycles. The van der Waals surface area contributed by atoms with Gasteiger partial charge in [-0.05, 0) is 17.7 Å². The van der Waals surface area contributed by atoms with Gasteiger partial charge in [-0.15, -0.1) is 0 Å². The largest absolute Gasteiger partial charge is 0.270 e. The summed E-state index contributed by atoms with van der Waals surface area (Å²) in [6.07, 6.45) is 0. The molecule has 2 nitrogen and oxygen atoms in total. The molecular weight excluding hydrogens is 241 g/mol. The normalized spacial score (nSPS) is 15.2. The number of carbonyl (C=O) groups is 1. The first-order valence-corrected chi connectivity index (χ1v) is 4.53. The molecule has 0 bridgehead atoms. The minimum absolute atomic E-state index is 0.0208. The van der Waals surface area contributed by atoms with E-state index in [4.69, 9.17) is 11.6 Å². The van der Waals surface area contributed by atoms with Crippen molar-refractivity contribution in [2.75, 3.05) is 0 Å². The van der Waals surface area contributed by atoms with E-state index in [0.717, 1.165) is 5.56 Å². The third-order valence-corrected chi connectivity index (χ3v) is 2.64. The van der Waals surface area contributed by atoms with Crippen LogP contribution < -0.4 is 0 Å². The van der Waals surface area contributed by atoms with E-state index < -0.39 is 0 Å². The van der Waals surface area contributed by atoms with Crippen molar-refractivity contribution < 1.29 is 4.79 Å². The monoisotopic (exact) mass is 245 g/mol. The second-order valence-electron chi connectivity index (χ2n) is 2.63. The second-order valence-corrected chi connectivity index (χ2v) is 3.92. The fourth-order valence-corrected chi connectivity index (χ4v) is 1.87. The molecule has 0 aromatic heterocycles. The second kappa shape index (κ2) is 2.75. The topological polar surface area (TPSA) is 20.3 Å². The zero-order valence-electron chi connectivity index (χ0n) is 6.05. The van der Waals surface area contributed by atoms with Gasteiger partial charge >= 0.3 is 0 Å². The first kappa shape index (κ1) is 8.08. The summed E-state index contributed by atoms with van der Waals surface area (Å²) in [5.41, 5.74) is 1.71. The van der Waals surface area contributed by atoms with Gasteiger partial charge in [-0.2, -0.15) is 0 Å². The number of carbonyl (C=O) groups excluding carboxylic acids is 1. The summed E-state index contributed by atoms with van der Waals surface area (Å²) in [7, 11) is 0. The summed E-state index contributed by atoms with van der Waals surface area (Å²) in [6.45, 7) is 0.616. The lowest BCUT2D eigenvalue weighted by Gasteiger charge is -2.00. The number of benzene rings is 1. The Morgan fingerprint density at radius 2 is 2.25 bits per heavy atom. The van der Waals surface area contributed by atoms with Crippen LogP contribution in [0.5, 0.6) is 0 Å². The number of nitrogens with zero attached hydrogens (tertiary/aromatic N) is 1.